The van der Waals surface area contributed by atoms with Gasteiger partial charge >= 0.3 is 5.69 Å². The van der Waals surface area contributed by atoms with Gasteiger partial charge in [-0.15, -0.1) is 10.2 Å². The number of carbonyl (C=O) groups excluding carboxylic acids is 1. The molecule has 28 heavy (non-hydrogen) atoms. The van der Waals surface area contributed by atoms with E-state index in [1.54, 1.807) is 6.92 Å². The molecule has 10 heteroatoms. The Hall–Kier alpha value is -3.27. The van der Waals surface area contributed by atoms with Crippen LogP contribution in [0.2, 0.25) is 0 Å². The molecule has 0 fully saturated rings. The topological polar surface area (TPSA) is 111 Å². The minimum atomic E-state index is -0.972. The zero-order valence-corrected chi connectivity index (χ0v) is 15.7. The molecule has 1 aromatic heterocycles. The van der Waals surface area contributed by atoms with E-state index in [4.69, 9.17) is 4.42 Å². The van der Waals surface area contributed by atoms with Crippen molar-refractivity contribution in [2.45, 2.75) is 24.3 Å². The van der Waals surface area contributed by atoms with Crippen LogP contribution in [-0.4, -0.2) is 26.3 Å². The van der Waals surface area contributed by atoms with Crippen molar-refractivity contribution >= 4 is 29.0 Å². The highest BCUT2D eigenvalue weighted by atomic mass is 32.2. The second-order valence-electron chi connectivity index (χ2n) is 5.91. The van der Waals surface area contributed by atoms with Crippen molar-refractivity contribution in [3.63, 3.8) is 0 Å². The van der Waals surface area contributed by atoms with E-state index in [2.05, 4.69) is 15.5 Å². The molecule has 0 aliphatic heterocycles. The lowest BCUT2D eigenvalue weighted by Crippen LogP contribution is -2.22. The summed E-state index contributed by atoms with van der Waals surface area (Å²) < 4.78 is 19.0. The highest BCUT2D eigenvalue weighted by Crippen LogP contribution is 2.27. The van der Waals surface area contributed by atoms with Crippen molar-refractivity contribution in [1.29, 1.82) is 0 Å². The van der Waals surface area contributed by atoms with E-state index in [9.17, 15) is 19.3 Å². The molecule has 1 heterocycles. The van der Waals surface area contributed by atoms with Crippen molar-refractivity contribution in [3.8, 4) is 11.5 Å². The van der Waals surface area contributed by atoms with E-state index in [0.717, 1.165) is 35.0 Å². The average molecular weight is 402 g/mol. The monoisotopic (exact) mass is 402 g/mol. The Morgan fingerprint density at radius 1 is 1.25 bits per heavy atom. The Balaban J connectivity index is 1.65. The number of aromatic nitrogens is 2. The van der Waals surface area contributed by atoms with Gasteiger partial charge in [0.2, 0.25) is 17.6 Å². The fourth-order valence-corrected chi connectivity index (χ4v) is 2.93. The van der Waals surface area contributed by atoms with Crippen LogP contribution in [0.3, 0.4) is 0 Å². The van der Waals surface area contributed by atoms with Crippen molar-refractivity contribution < 1.29 is 18.5 Å². The third kappa shape index (κ3) is 4.52. The second kappa shape index (κ2) is 8.17. The summed E-state index contributed by atoms with van der Waals surface area (Å²) in [4.78, 5) is 22.3. The number of amides is 1. The minimum Gasteiger partial charge on any atom is -0.411 e. The number of hydrogen-bond donors (Lipinski definition) is 1. The number of nitro groups is 1. The summed E-state index contributed by atoms with van der Waals surface area (Å²) >= 11 is 1.04. The lowest BCUT2D eigenvalue weighted by atomic mass is 10.1. The molecule has 8 nitrogen and oxygen atoms in total. The molecule has 0 aliphatic rings. The molecule has 0 radical (unpaired) electrons. The van der Waals surface area contributed by atoms with Crippen LogP contribution in [0.4, 0.5) is 15.8 Å². The smallest absolute Gasteiger partial charge is 0.306 e. The van der Waals surface area contributed by atoms with Crippen LogP contribution in [0.1, 0.15) is 12.5 Å². The van der Waals surface area contributed by atoms with Gasteiger partial charge in [0.15, 0.2) is 0 Å². The third-order valence-electron chi connectivity index (χ3n) is 3.76. The van der Waals surface area contributed by atoms with Gasteiger partial charge < -0.3 is 9.73 Å². The number of nitro benzene ring substituents is 1. The van der Waals surface area contributed by atoms with Gasteiger partial charge in [-0.05, 0) is 38.1 Å². The Morgan fingerprint density at radius 3 is 2.64 bits per heavy atom. The SMILES string of the molecule is Cc1ccc(-c2nnc(S[C@H](C)C(=O)Nc3ccc(F)c([N+](=O)[O-])c3)o2)cc1. The largest absolute Gasteiger partial charge is 0.411 e. The van der Waals surface area contributed by atoms with Gasteiger partial charge in [-0.3, -0.25) is 14.9 Å². The van der Waals surface area contributed by atoms with Gasteiger partial charge in [0.25, 0.3) is 5.22 Å². The Bertz CT molecular complexity index is 1020. The summed E-state index contributed by atoms with van der Waals surface area (Å²) in [5.74, 6) is -1.08. The van der Waals surface area contributed by atoms with Crippen LogP contribution in [0.25, 0.3) is 11.5 Å². The number of thioether (sulfide) groups is 1. The highest BCUT2D eigenvalue weighted by molar-refractivity contribution is 8.00. The summed E-state index contributed by atoms with van der Waals surface area (Å²) in [7, 11) is 0. The molecular weight excluding hydrogens is 387 g/mol. The van der Waals surface area contributed by atoms with Gasteiger partial charge in [-0.1, -0.05) is 29.5 Å². The van der Waals surface area contributed by atoms with Crippen molar-refractivity contribution in [2.75, 3.05) is 5.32 Å². The maximum atomic E-state index is 13.4. The number of halogens is 1. The van der Waals surface area contributed by atoms with E-state index < -0.39 is 27.6 Å². The zero-order valence-electron chi connectivity index (χ0n) is 14.9. The Kier molecular flexibility index (Phi) is 5.69. The van der Waals surface area contributed by atoms with Gasteiger partial charge in [0.1, 0.15) is 0 Å². The molecule has 3 rings (SSSR count). The van der Waals surface area contributed by atoms with Gasteiger partial charge in [-0.2, -0.15) is 4.39 Å². The number of nitrogens with zero attached hydrogens (tertiary/aromatic N) is 3. The van der Waals surface area contributed by atoms with Crippen LogP contribution >= 0.6 is 11.8 Å². The second-order valence-corrected chi connectivity index (χ2v) is 7.20. The highest BCUT2D eigenvalue weighted by Gasteiger charge is 2.21. The predicted molar refractivity (Wildman–Crippen MR) is 101 cm³/mol. The number of hydrogen-bond acceptors (Lipinski definition) is 7. The molecule has 0 saturated carbocycles. The lowest BCUT2D eigenvalue weighted by Gasteiger charge is -2.09. The molecule has 0 spiro atoms. The van der Waals surface area contributed by atoms with Gasteiger partial charge in [0.05, 0.1) is 10.2 Å². The molecule has 0 aliphatic carbocycles. The van der Waals surface area contributed by atoms with Crippen LogP contribution < -0.4 is 5.32 Å². The van der Waals surface area contributed by atoms with Crippen LogP contribution in [0.5, 0.6) is 0 Å². The standard InChI is InChI=1S/C18H15FN4O4S/c1-10-3-5-12(6-4-10)17-21-22-18(27-17)28-11(2)16(24)20-13-7-8-14(19)15(9-13)23(25)26/h3-9,11H,1-2H3,(H,20,24)/t11-/m1/s1. The molecule has 144 valence electrons. The first kappa shape index (κ1) is 19.5. The van der Waals surface area contributed by atoms with Crippen molar-refractivity contribution in [2.24, 2.45) is 0 Å². The quantitative estimate of drug-likeness (QED) is 0.373. The summed E-state index contributed by atoms with van der Waals surface area (Å²) in [6.07, 6.45) is 0. The number of anilines is 1. The number of rotatable bonds is 6. The van der Waals surface area contributed by atoms with E-state index in [1.807, 2.05) is 31.2 Å². The predicted octanol–water partition coefficient (Wildman–Crippen LogP) is 4.21. The molecule has 0 saturated heterocycles. The Labute approximate surface area is 163 Å². The molecule has 0 unspecified atom stereocenters. The average Bonchev–Trinajstić information content (AvgIpc) is 3.12. The number of benzene rings is 2. The van der Waals surface area contributed by atoms with Gasteiger partial charge in [-0.25, -0.2) is 0 Å². The van der Waals surface area contributed by atoms with Gasteiger partial charge in [0, 0.05) is 17.3 Å². The summed E-state index contributed by atoms with van der Waals surface area (Å²) in [6.45, 7) is 3.59. The zero-order chi connectivity index (χ0) is 20.3. The molecule has 1 N–H and O–H groups in total. The molecule has 0 bridgehead atoms. The first-order valence-corrected chi connectivity index (χ1v) is 9.03. The van der Waals surface area contributed by atoms with E-state index in [1.165, 1.54) is 6.07 Å². The maximum absolute atomic E-state index is 13.4. The minimum absolute atomic E-state index is 0.122. The lowest BCUT2D eigenvalue weighted by molar-refractivity contribution is -0.387. The van der Waals surface area contributed by atoms with Crippen LogP contribution in [0, 0.1) is 22.9 Å². The molecule has 3 aromatic rings. The molecule has 1 amide bonds. The fraction of sp³-hybridized carbons (Fsp3) is 0.167. The molecule has 2 aromatic carbocycles. The first-order chi connectivity index (χ1) is 13.3. The maximum Gasteiger partial charge on any atom is 0.306 e. The van der Waals surface area contributed by atoms with E-state index in [-0.39, 0.29) is 10.9 Å². The van der Waals surface area contributed by atoms with E-state index >= 15 is 0 Å². The first-order valence-electron chi connectivity index (χ1n) is 8.15. The summed E-state index contributed by atoms with van der Waals surface area (Å²) in [5.41, 5.74) is 1.28. The van der Waals surface area contributed by atoms with Crippen LogP contribution in [-0.2, 0) is 4.79 Å². The Morgan fingerprint density at radius 2 is 1.96 bits per heavy atom. The normalized spacial score (nSPS) is 11.8. The summed E-state index contributed by atoms with van der Waals surface area (Å²) in [5, 5.41) is 20.8. The van der Waals surface area contributed by atoms with Crippen LogP contribution in [0.15, 0.2) is 52.1 Å². The van der Waals surface area contributed by atoms with Crippen molar-refractivity contribution in [1.82, 2.24) is 10.2 Å². The van der Waals surface area contributed by atoms with Crippen molar-refractivity contribution in [3.05, 3.63) is 64.0 Å². The fourth-order valence-electron chi connectivity index (χ4n) is 2.25. The molecule has 1 atom stereocenters. The molecular formula is C18H15FN4O4S. The summed E-state index contributed by atoms with van der Waals surface area (Å²) in [6, 6.07) is 10.7. The third-order valence-corrected chi connectivity index (χ3v) is 4.70. The number of aryl methyl sites for hydroxylation is 1. The van der Waals surface area contributed by atoms with E-state index in [0.29, 0.717) is 5.89 Å². The number of nitrogens with one attached hydrogen (secondary N) is 1. The number of carbonyl (C=O) groups is 1.